The van der Waals surface area contributed by atoms with Crippen LogP contribution in [0.15, 0.2) is 15.3 Å². The van der Waals surface area contributed by atoms with Gasteiger partial charge in [0.05, 0.1) is 0 Å². The molecule has 0 saturated carbocycles. The Hall–Kier alpha value is -1.29. The molecule has 13 heavy (non-hydrogen) atoms. The lowest BCUT2D eigenvalue weighted by Gasteiger charge is -2.08. The van der Waals surface area contributed by atoms with Gasteiger partial charge >= 0.3 is 0 Å². The minimum atomic E-state index is -0.924. The average Bonchev–Trinajstić information content (AvgIpc) is 2.10. The zero-order chi connectivity index (χ0) is 10.0. The Morgan fingerprint density at radius 1 is 1.62 bits per heavy atom. The van der Waals surface area contributed by atoms with Gasteiger partial charge in [-0.05, 0) is 13.3 Å². The summed E-state index contributed by atoms with van der Waals surface area (Å²) in [6, 6.07) is 1.18. The highest BCUT2D eigenvalue weighted by atomic mass is 16.4. The topological polar surface area (TPSA) is 70.7 Å². The smallest absolute Gasteiger partial charge is 0.227 e. The summed E-state index contributed by atoms with van der Waals surface area (Å²) in [5, 5.41) is 18.6. The molecule has 4 nitrogen and oxygen atoms in total. The summed E-state index contributed by atoms with van der Waals surface area (Å²) in [6.45, 7) is 3.32. The third-order valence-corrected chi connectivity index (χ3v) is 1.76. The first-order valence-corrected chi connectivity index (χ1v) is 4.08. The van der Waals surface area contributed by atoms with Crippen molar-refractivity contribution >= 4 is 0 Å². The first-order valence-electron chi connectivity index (χ1n) is 4.08. The normalized spacial score (nSPS) is 12.8. The van der Waals surface area contributed by atoms with E-state index in [1.54, 1.807) is 13.8 Å². The fourth-order valence-corrected chi connectivity index (χ4v) is 1.04. The molecule has 0 bridgehead atoms. The molecule has 0 saturated heterocycles. The molecule has 0 amide bonds. The highest BCUT2D eigenvalue weighted by Crippen LogP contribution is 2.23. The average molecular weight is 184 g/mol. The van der Waals surface area contributed by atoms with Gasteiger partial charge in [0.15, 0.2) is 5.76 Å². The molecule has 1 heterocycles. The SMILES string of the molecule is CC[C@@H](O)c1oc(C)cc(=O)c1O. The molecule has 1 aromatic heterocycles. The van der Waals surface area contributed by atoms with Gasteiger partial charge in [0.1, 0.15) is 11.9 Å². The largest absolute Gasteiger partial charge is 0.502 e. The Labute approximate surface area is 75.4 Å². The fraction of sp³-hybridized carbons (Fsp3) is 0.444. The van der Waals surface area contributed by atoms with Gasteiger partial charge < -0.3 is 14.6 Å². The molecule has 4 heteroatoms. The van der Waals surface area contributed by atoms with Crippen molar-refractivity contribution in [3.63, 3.8) is 0 Å². The maximum Gasteiger partial charge on any atom is 0.227 e. The number of rotatable bonds is 2. The Morgan fingerprint density at radius 2 is 2.23 bits per heavy atom. The minimum absolute atomic E-state index is 0.0486. The van der Waals surface area contributed by atoms with Crippen LogP contribution < -0.4 is 5.43 Å². The van der Waals surface area contributed by atoms with Gasteiger partial charge in [-0.3, -0.25) is 4.79 Å². The molecule has 0 radical (unpaired) electrons. The quantitative estimate of drug-likeness (QED) is 0.721. The van der Waals surface area contributed by atoms with Crippen LogP contribution in [0.25, 0.3) is 0 Å². The van der Waals surface area contributed by atoms with Crippen LogP contribution in [-0.4, -0.2) is 10.2 Å². The number of hydrogen-bond donors (Lipinski definition) is 2. The standard InChI is InChI=1S/C9H12O4/c1-3-6(10)9-8(12)7(11)4-5(2)13-9/h4,6,10,12H,3H2,1-2H3/t6-/m1/s1. The summed E-state index contributed by atoms with van der Waals surface area (Å²) in [4.78, 5) is 11.1. The predicted octanol–water partition coefficient (Wildman–Crippen LogP) is 1.10. The molecule has 0 aliphatic carbocycles. The molecule has 0 aromatic carbocycles. The molecule has 0 unspecified atom stereocenters. The molecular formula is C9H12O4. The maximum atomic E-state index is 11.1. The molecule has 0 spiro atoms. The fourth-order valence-electron chi connectivity index (χ4n) is 1.04. The number of hydrogen-bond acceptors (Lipinski definition) is 4. The Kier molecular flexibility index (Phi) is 2.72. The molecule has 0 aliphatic heterocycles. The van der Waals surface area contributed by atoms with Gasteiger partial charge in [0.25, 0.3) is 0 Å². The summed E-state index contributed by atoms with van der Waals surface area (Å²) in [5.74, 6) is -0.169. The number of aromatic hydroxyl groups is 1. The van der Waals surface area contributed by atoms with E-state index < -0.39 is 17.3 Å². The third-order valence-electron chi connectivity index (χ3n) is 1.76. The molecule has 1 rings (SSSR count). The first-order chi connectivity index (χ1) is 6.06. The lowest BCUT2D eigenvalue weighted by atomic mass is 10.2. The summed E-state index contributed by atoms with van der Waals surface area (Å²) in [7, 11) is 0. The number of aliphatic hydroxyl groups is 1. The molecule has 1 aromatic rings. The monoisotopic (exact) mass is 184 g/mol. The van der Waals surface area contributed by atoms with E-state index in [1.165, 1.54) is 6.07 Å². The summed E-state index contributed by atoms with van der Waals surface area (Å²) < 4.78 is 5.04. The maximum absolute atomic E-state index is 11.1. The molecular weight excluding hydrogens is 172 g/mol. The minimum Gasteiger partial charge on any atom is -0.502 e. The van der Waals surface area contributed by atoms with Crippen molar-refractivity contribution < 1.29 is 14.6 Å². The molecule has 2 N–H and O–H groups in total. The summed E-state index contributed by atoms with van der Waals surface area (Å²) in [5.41, 5.74) is -0.522. The van der Waals surface area contributed by atoms with Crippen molar-refractivity contribution in [2.45, 2.75) is 26.4 Å². The van der Waals surface area contributed by atoms with E-state index in [-0.39, 0.29) is 5.76 Å². The number of aliphatic hydroxyl groups excluding tert-OH is 1. The lowest BCUT2D eigenvalue weighted by Crippen LogP contribution is -2.06. The van der Waals surface area contributed by atoms with Crippen molar-refractivity contribution in [1.82, 2.24) is 0 Å². The zero-order valence-electron chi connectivity index (χ0n) is 7.57. The van der Waals surface area contributed by atoms with Gasteiger partial charge in [-0.25, -0.2) is 0 Å². The van der Waals surface area contributed by atoms with Crippen LogP contribution in [-0.2, 0) is 0 Å². The van der Waals surface area contributed by atoms with Crippen LogP contribution in [0.5, 0.6) is 5.75 Å². The van der Waals surface area contributed by atoms with Gasteiger partial charge in [0.2, 0.25) is 11.2 Å². The first kappa shape index (κ1) is 9.80. The van der Waals surface area contributed by atoms with E-state index in [0.717, 1.165) is 0 Å². The van der Waals surface area contributed by atoms with Crippen molar-refractivity contribution in [3.05, 3.63) is 27.8 Å². The van der Waals surface area contributed by atoms with E-state index in [0.29, 0.717) is 12.2 Å². The number of aryl methyl sites for hydroxylation is 1. The highest BCUT2D eigenvalue weighted by Gasteiger charge is 2.16. The predicted molar refractivity (Wildman–Crippen MR) is 46.6 cm³/mol. The second-order valence-corrected chi connectivity index (χ2v) is 2.86. The van der Waals surface area contributed by atoms with Gasteiger partial charge in [-0.2, -0.15) is 0 Å². The van der Waals surface area contributed by atoms with E-state index in [2.05, 4.69) is 0 Å². The van der Waals surface area contributed by atoms with Gasteiger partial charge in [-0.15, -0.1) is 0 Å². The van der Waals surface area contributed by atoms with E-state index in [1.807, 2.05) is 0 Å². The molecule has 1 atom stereocenters. The Balaban J connectivity index is 3.28. The second kappa shape index (κ2) is 3.62. The van der Waals surface area contributed by atoms with Crippen LogP contribution in [0, 0.1) is 6.92 Å². The van der Waals surface area contributed by atoms with Crippen molar-refractivity contribution in [3.8, 4) is 5.75 Å². The molecule has 0 fully saturated rings. The van der Waals surface area contributed by atoms with Crippen molar-refractivity contribution in [1.29, 1.82) is 0 Å². The van der Waals surface area contributed by atoms with Crippen LogP contribution >= 0.6 is 0 Å². The molecule has 72 valence electrons. The zero-order valence-corrected chi connectivity index (χ0v) is 7.57. The van der Waals surface area contributed by atoms with E-state index in [9.17, 15) is 15.0 Å². The van der Waals surface area contributed by atoms with Crippen LogP contribution in [0.4, 0.5) is 0 Å². The van der Waals surface area contributed by atoms with Gasteiger partial charge in [-0.1, -0.05) is 6.92 Å². The Bertz CT molecular complexity index is 353. The van der Waals surface area contributed by atoms with Crippen molar-refractivity contribution in [2.75, 3.05) is 0 Å². The summed E-state index contributed by atoms with van der Waals surface area (Å²) in [6.07, 6.45) is -0.535. The lowest BCUT2D eigenvalue weighted by molar-refractivity contribution is 0.135. The van der Waals surface area contributed by atoms with E-state index >= 15 is 0 Å². The second-order valence-electron chi connectivity index (χ2n) is 2.86. The van der Waals surface area contributed by atoms with Crippen molar-refractivity contribution in [2.24, 2.45) is 0 Å². The van der Waals surface area contributed by atoms with Crippen LogP contribution in [0.1, 0.15) is 31.0 Å². The highest BCUT2D eigenvalue weighted by molar-refractivity contribution is 5.26. The third kappa shape index (κ3) is 1.89. The Morgan fingerprint density at radius 3 is 2.77 bits per heavy atom. The summed E-state index contributed by atoms with van der Waals surface area (Å²) >= 11 is 0. The van der Waals surface area contributed by atoms with Gasteiger partial charge in [0, 0.05) is 6.07 Å². The van der Waals surface area contributed by atoms with Crippen LogP contribution in [0.3, 0.4) is 0 Å². The molecule has 0 aliphatic rings. The van der Waals surface area contributed by atoms with Crippen LogP contribution in [0.2, 0.25) is 0 Å². The van der Waals surface area contributed by atoms with E-state index in [4.69, 9.17) is 4.42 Å².